The molecule has 84 valence electrons. The summed E-state index contributed by atoms with van der Waals surface area (Å²) < 4.78 is 0. The topological polar surface area (TPSA) is 40.5 Å². The molecule has 0 amide bonds. The Balaban J connectivity index is 2.73. The third-order valence-electron chi connectivity index (χ3n) is 2.45. The lowest BCUT2D eigenvalue weighted by Gasteiger charge is -2.27. The van der Waals surface area contributed by atoms with Crippen molar-refractivity contribution in [3.05, 3.63) is 35.9 Å². The minimum Gasteiger partial charge on any atom is -0.361 e. The number of rotatable bonds is 5. The second-order valence-electron chi connectivity index (χ2n) is 3.70. The summed E-state index contributed by atoms with van der Waals surface area (Å²) in [5.41, 5.74) is 0.445. The first-order valence-corrected chi connectivity index (χ1v) is 5.67. The fraction of sp³-hybridized carbons (Fsp3) is 0.500. The van der Waals surface area contributed by atoms with Crippen LogP contribution in [-0.2, 0) is 5.79 Å². The second kappa shape index (κ2) is 5.50. The van der Waals surface area contributed by atoms with Crippen LogP contribution in [0.5, 0.6) is 0 Å². The summed E-state index contributed by atoms with van der Waals surface area (Å²) in [6.07, 6.45) is 2.48. The molecular weight excluding hydrogens is 212 g/mol. The smallest absolute Gasteiger partial charge is 0.206 e. The van der Waals surface area contributed by atoms with Gasteiger partial charge in [-0.25, -0.2) is 0 Å². The van der Waals surface area contributed by atoms with Gasteiger partial charge in [0.25, 0.3) is 0 Å². The van der Waals surface area contributed by atoms with Crippen LogP contribution in [0.1, 0.15) is 31.7 Å². The molecule has 0 aliphatic carbocycles. The summed E-state index contributed by atoms with van der Waals surface area (Å²) in [6, 6.07) is 8.69. The third kappa shape index (κ3) is 3.20. The quantitative estimate of drug-likeness (QED) is 0.601. The molecule has 3 heteroatoms. The number of unbranched alkanes of at least 4 members (excludes halogenated alkanes) is 1. The normalized spacial score (nSPS) is 13.9. The van der Waals surface area contributed by atoms with E-state index in [1.54, 1.807) is 24.3 Å². The molecule has 0 aliphatic rings. The lowest BCUT2D eigenvalue weighted by Crippen LogP contribution is -2.35. The van der Waals surface area contributed by atoms with Crippen LogP contribution < -0.4 is 0 Å². The fourth-order valence-electron chi connectivity index (χ4n) is 1.45. The lowest BCUT2D eigenvalue weighted by atomic mass is 9.99. The summed E-state index contributed by atoms with van der Waals surface area (Å²) in [4.78, 5) is 0. The van der Waals surface area contributed by atoms with Crippen molar-refractivity contribution in [3.8, 4) is 0 Å². The van der Waals surface area contributed by atoms with Crippen molar-refractivity contribution in [2.45, 2.75) is 37.4 Å². The average molecular weight is 229 g/mol. The zero-order valence-electron chi connectivity index (χ0n) is 8.86. The SMILES string of the molecule is CCCCC(Cl)C(O)(O)c1ccccc1. The van der Waals surface area contributed by atoms with E-state index >= 15 is 0 Å². The molecule has 0 bridgehead atoms. The minimum absolute atomic E-state index is 0.445. The maximum absolute atomic E-state index is 9.90. The Bertz CT molecular complexity index is 285. The highest BCUT2D eigenvalue weighted by Crippen LogP contribution is 2.28. The summed E-state index contributed by atoms with van der Waals surface area (Å²) in [7, 11) is 0. The first kappa shape index (κ1) is 12.5. The molecule has 1 aromatic carbocycles. The molecule has 1 rings (SSSR count). The Kier molecular flexibility index (Phi) is 4.58. The monoisotopic (exact) mass is 228 g/mol. The number of hydrogen-bond donors (Lipinski definition) is 2. The van der Waals surface area contributed by atoms with E-state index in [9.17, 15) is 10.2 Å². The van der Waals surface area contributed by atoms with Crippen LogP contribution >= 0.6 is 11.6 Å². The van der Waals surface area contributed by atoms with Gasteiger partial charge in [-0.2, -0.15) is 0 Å². The van der Waals surface area contributed by atoms with E-state index < -0.39 is 11.2 Å². The highest BCUT2D eigenvalue weighted by atomic mass is 35.5. The molecule has 2 N–H and O–H groups in total. The van der Waals surface area contributed by atoms with E-state index in [1.807, 2.05) is 13.0 Å². The van der Waals surface area contributed by atoms with Crippen LogP contribution in [0.3, 0.4) is 0 Å². The Morgan fingerprint density at radius 1 is 1.27 bits per heavy atom. The first-order valence-electron chi connectivity index (χ1n) is 5.23. The largest absolute Gasteiger partial charge is 0.361 e. The standard InChI is InChI=1S/C12H17ClO2/c1-2-3-9-11(13)12(14,15)10-7-5-4-6-8-10/h4-8,11,14-15H,2-3,9H2,1H3. The minimum atomic E-state index is -1.93. The van der Waals surface area contributed by atoms with Gasteiger partial charge in [-0.15, -0.1) is 11.6 Å². The molecule has 1 unspecified atom stereocenters. The van der Waals surface area contributed by atoms with Gasteiger partial charge in [-0.1, -0.05) is 50.1 Å². The van der Waals surface area contributed by atoms with Crippen molar-refractivity contribution in [2.75, 3.05) is 0 Å². The van der Waals surface area contributed by atoms with Crippen molar-refractivity contribution in [1.29, 1.82) is 0 Å². The zero-order chi connectivity index (χ0) is 11.3. The highest BCUT2D eigenvalue weighted by molar-refractivity contribution is 6.21. The molecule has 0 spiro atoms. The number of alkyl halides is 1. The molecule has 0 saturated heterocycles. The lowest BCUT2D eigenvalue weighted by molar-refractivity contribution is -0.171. The van der Waals surface area contributed by atoms with Crippen molar-refractivity contribution in [3.63, 3.8) is 0 Å². The van der Waals surface area contributed by atoms with Crippen molar-refractivity contribution in [2.24, 2.45) is 0 Å². The van der Waals surface area contributed by atoms with Gasteiger partial charge in [0.1, 0.15) is 0 Å². The molecule has 1 aromatic rings. The number of hydrogen-bond acceptors (Lipinski definition) is 2. The Morgan fingerprint density at radius 3 is 2.40 bits per heavy atom. The van der Waals surface area contributed by atoms with E-state index in [0.29, 0.717) is 12.0 Å². The molecular formula is C12H17ClO2. The van der Waals surface area contributed by atoms with Gasteiger partial charge in [-0.3, -0.25) is 0 Å². The van der Waals surface area contributed by atoms with E-state index in [-0.39, 0.29) is 0 Å². The van der Waals surface area contributed by atoms with Crippen molar-refractivity contribution < 1.29 is 10.2 Å². The van der Waals surface area contributed by atoms with Gasteiger partial charge in [0.2, 0.25) is 5.79 Å². The summed E-state index contributed by atoms with van der Waals surface area (Å²) in [6.45, 7) is 2.04. The van der Waals surface area contributed by atoms with Crippen LogP contribution in [-0.4, -0.2) is 15.6 Å². The maximum Gasteiger partial charge on any atom is 0.206 e. The molecule has 0 fully saturated rings. The third-order valence-corrected chi connectivity index (χ3v) is 2.97. The molecule has 2 nitrogen and oxygen atoms in total. The first-order chi connectivity index (χ1) is 7.09. The van der Waals surface area contributed by atoms with Gasteiger partial charge < -0.3 is 10.2 Å². The molecule has 0 radical (unpaired) electrons. The van der Waals surface area contributed by atoms with Gasteiger partial charge in [0.15, 0.2) is 0 Å². The van der Waals surface area contributed by atoms with Crippen LogP contribution in [0.2, 0.25) is 0 Å². The molecule has 0 saturated carbocycles. The summed E-state index contributed by atoms with van der Waals surface area (Å²) in [5, 5.41) is 19.1. The maximum atomic E-state index is 9.90. The Hall–Kier alpha value is -0.570. The summed E-state index contributed by atoms with van der Waals surface area (Å²) >= 11 is 5.99. The van der Waals surface area contributed by atoms with E-state index in [0.717, 1.165) is 12.8 Å². The predicted molar refractivity (Wildman–Crippen MR) is 61.7 cm³/mol. The molecule has 0 aliphatic heterocycles. The van der Waals surface area contributed by atoms with E-state index in [2.05, 4.69) is 0 Å². The van der Waals surface area contributed by atoms with Crippen LogP contribution in [0.25, 0.3) is 0 Å². The second-order valence-corrected chi connectivity index (χ2v) is 4.23. The van der Waals surface area contributed by atoms with E-state index in [4.69, 9.17) is 11.6 Å². The average Bonchev–Trinajstić information content (AvgIpc) is 2.27. The van der Waals surface area contributed by atoms with Gasteiger partial charge in [-0.05, 0) is 6.42 Å². The van der Waals surface area contributed by atoms with Crippen LogP contribution in [0.15, 0.2) is 30.3 Å². The number of aliphatic hydroxyl groups is 2. The Morgan fingerprint density at radius 2 is 1.87 bits per heavy atom. The van der Waals surface area contributed by atoms with Gasteiger partial charge in [0, 0.05) is 5.56 Å². The van der Waals surface area contributed by atoms with E-state index in [1.165, 1.54) is 0 Å². The van der Waals surface area contributed by atoms with Crippen molar-refractivity contribution >= 4 is 11.6 Å². The zero-order valence-corrected chi connectivity index (χ0v) is 9.61. The molecule has 0 aromatic heterocycles. The predicted octanol–water partition coefficient (Wildman–Crippen LogP) is 2.62. The fourth-order valence-corrected chi connectivity index (χ4v) is 1.73. The molecule has 1 atom stereocenters. The highest BCUT2D eigenvalue weighted by Gasteiger charge is 2.34. The van der Waals surface area contributed by atoms with Gasteiger partial charge in [0.05, 0.1) is 5.38 Å². The molecule has 15 heavy (non-hydrogen) atoms. The summed E-state index contributed by atoms with van der Waals surface area (Å²) in [5.74, 6) is -1.93. The van der Waals surface area contributed by atoms with Crippen molar-refractivity contribution in [1.82, 2.24) is 0 Å². The molecule has 0 heterocycles. The number of benzene rings is 1. The Labute approximate surface area is 95.5 Å². The van der Waals surface area contributed by atoms with Crippen LogP contribution in [0.4, 0.5) is 0 Å². The van der Waals surface area contributed by atoms with Crippen LogP contribution in [0, 0.1) is 0 Å². The van der Waals surface area contributed by atoms with Gasteiger partial charge >= 0.3 is 0 Å². The number of halogens is 1.